The summed E-state index contributed by atoms with van der Waals surface area (Å²) >= 11 is 3.40. The molecule has 0 bridgehead atoms. The maximum Gasteiger partial charge on any atom is 0.283 e. The van der Waals surface area contributed by atoms with Gasteiger partial charge in [0, 0.05) is 26.8 Å². The van der Waals surface area contributed by atoms with Crippen molar-refractivity contribution in [1.29, 1.82) is 0 Å². The number of halogens is 1. The molecule has 1 heterocycles. The highest BCUT2D eigenvalue weighted by Crippen LogP contribution is 2.48. The quantitative estimate of drug-likeness (QED) is 0.737. The lowest BCUT2D eigenvalue weighted by Crippen LogP contribution is -2.26. The Hall–Kier alpha value is -0.880. The third kappa shape index (κ3) is 4.30. The second kappa shape index (κ2) is 7.40. The Morgan fingerprint density at radius 1 is 1.52 bits per heavy atom. The third-order valence-corrected chi connectivity index (χ3v) is 4.92. The molecule has 1 aliphatic carbocycles. The van der Waals surface area contributed by atoms with Gasteiger partial charge < -0.3 is 10.1 Å². The van der Waals surface area contributed by atoms with Gasteiger partial charge in [-0.2, -0.15) is 5.10 Å². The Morgan fingerprint density at radius 2 is 2.29 bits per heavy atom. The average Bonchev–Trinajstić information content (AvgIpc) is 3.26. The molecular weight excluding hydrogens is 334 g/mol. The Balaban J connectivity index is 1.98. The Labute approximate surface area is 134 Å². The van der Waals surface area contributed by atoms with Gasteiger partial charge in [-0.15, -0.1) is 0 Å². The van der Waals surface area contributed by atoms with Crippen LogP contribution in [0.1, 0.15) is 39.0 Å². The number of nitrogens with one attached hydrogen (secondary N) is 1. The summed E-state index contributed by atoms with van der Waals surface area (Å²) in [6.45, 7) is 4.44. The topological polar surface area (TPSA) is 56.1 Å². The van der Waals surface area contributed by atoms with Crippen molar-refractivity contribution < 1.29 is 4.74 Å². The zero-order valence-corrected chi connectivity index (χ0v) is 14.4. The maximum atomic E-state index is 12.2. The predicted molar refractivity (Wildman–Crippen MR) is 87.8 cm³/mol. The largest absolute Gasteiger partial charge is 0.385 e. The van der Waals surface area contributed by atoms with Crippen LogP contribution in [0, 0.1) is 5.41 Å². The fourth-order valence-corrected chi connectivity index (χ4v) is 2.80. The van der Waals surface area contributed by atoms with Crippen LogP contribution in [-0.2, 0) is 11.3 Å². The van der Waals surface area contributed by atoms with Gasteiger partial charge in [0.2, 0.25) is 0 Å². The van der Waals surface area contributed by atoms with Gasteiger partial charge in [-0.05, 0) is 47.0 Å². The van der Waals surface area contributed by atoms with Crippen molar-refractivity contribution in [1.82, 2.24) is 9.78 Å². The third-order valence-electron chi connectivity index (χ3n) is 4.16. The van der Waals surface area contributed by atoms with Crippen molar-refractivity contribution in [2.45, 2.75) is 45.6 Å². The van der Waals surface area contributed by atoms with Gasteiger partial charge in [0.15, 0.2) is 0 Å². The summed E-state index contributed by atoms with van der Waals surface area (Å²) in [7, 11) is 1.74. The first-order valence-corrected chi connectivity index (χ1v) is 8.39. The molecule has 5 nitrogen and oxygen atoms in total. The molecule has 0 atom stereocenters. The Bertz CT molecular complexity index is 526. The molecule has 0 aromatic carbocycles. The summed E-state index contributed by atoms with van der Waals surface area (Å²) < 4.78 is 7.27. The van der Waals surface area contributed by atoms with Gasteiger partial charge in [0.1, 0.15) is 4.47 Å². The number of anilines is 1. The summed E-state index contributed by atoms with van der Waals surface area (Å²) in [5.74, 6) is 0. The van der Waals surface area contributed by atoms with E-state index in [0.29, 0.717) is 16.4 Å². The second-order valence-corrected chi connectivity index (χ2v) is 6.64. The number of rotatable bonds is 9. The van der Waals surface area contributed by atoms with E-state index >= 15 is 0 Å². The van der Waals surface area contributed by atoms with Crippen LogP contribution >= 0.6 is 15.9 Å². The van der Waals surface area contributed by atoms with E-state index < -0.39 is 0 Å². The molecule has 0 unspecified atom stereocenters. The van der Waals surface area contributed by atoms with Gasteiger partial charge in [0.05, 0.1) is 11.9 Å². The van der Waals surface area contributed by atoms with Crippen molar-refractivity contribution >= 4 is 21.6 Å². The number of hydrogen-bond donors (Lipinski definition) is 1. The highest BCUT2D eigenvalue weighted by Gasteiger charge is 2.41. The first-order chi connectivity index (χ1) is 10.1. The molecule has 2 rings (SSSR count). The fraction of sp³-hybridized carbons (Fsp3) is 0.733. The smallest absolute Gasteiger partial charge is 0.283 e. The first kappa shape index (κ1) is 16.5. The van der Waals surface area contributed by atoms with Crippen LogP contribution in [0.25, 0.3) is 0 Å². The molecule has 1 aromatic rings. The van der Waals surface area contributed by atoms with E-state index in [1.807, 2.05) is 0 Å². The summed E-state index contributed by atoms with van der Waals surface area (Å²) in [6, 6.07) is 0. The SMILES string of the molecule is CCCCn1ncc(NCC2(CCOC)CC2)c(Br)c1=O. The van der Waals surface area contributed by atoms with Crippen LogP contribution in [0.2, 0.25) is 0 Å². The number of unbranched alkanes of at least 4 members (excludes halogenated alkanes) is 1. The molecule has 6 heteroatoms. The lowest BCUT2D eigenvalue weighted by Gasteiger charge is -2.17. The highest BCUT2D eigenvalue weighted by molar-refractivity contribution is 9.10. The van der Waals surface area contributed by atoms with E-state index in [0.717, 1.165) is 38.1 Å². The van der Waals surface area contributed by atoms with Crippen molar-refractivity contribution in [2.24, 2.45) is 5.41 Å². The number of nitrogens with zero attached hydrogens (tertiary/aromatic N) is 2. The lowest BCUT2D eigenvalue weighted by molar-refractivity contribution is 0.175. The zero-order chi connectivity index (χ0) is 15.3. The standard InChI is InChI=1S/C15H24BrN3O2/c1-3-4-8-19-14(20)13(16)12(10-18-19)17-11-15(5-6-15)7-9-21-2/h10,17H,3-9,11H2,1-2H3. The molecule has 0 aliphatic heterocycles. The number of aromatic nitrogens is 2. The van der Waals surface area contributed by atoms with Crippen molar-refractivity contribution in [3.8, 4) is 0 Å². The average molecular weight is 358 g/mol. The minimum Gasteiger partial charge on any atom is -0.385 e. The van der Waals surface area contributed by atoms with Gasteiger partial charge in [0.25, 0.3) is 5.56 Å². The Kier molecular flexibility index (Phi) is 5.81. The number of methoxy groups -OCH3 is 1. The molecule has 0 radical (unpaired) electrons. The van der Waals surface area contributed by atoms with Crippen molar-refractivity contribution in [2.75, 3.05) is 25.6 Å². The van der Waals surface area contributed by atoms with Crippen LogP contribution in [0.15, 0.2) is 15.5 Å². The summed E-state index contributed by atoms with van der Waals surface area (Å²) in [5.41, 5.74) is 1.07. The van der Waals surface area contributed by atoms with E-state index in [9.17, 15) is 4.79 Å². The summed E-state index contributed by atoms with van der Waals surface area (Å²) in [6.07, 6.45) is 7.27. The molecule has 0 amide bonds. The highest BCUT2D eigenvalue weighted by atomic mass is 79.9. The normalized spacial score (nSPS) is 16.0. The number of ether oxygens (including phenoxy) is 1. The van der Waals surface area contributed by atoms with Crippen LogP contribution in [-0.4, -0.2) is 30.0 Å². The zero-order valence-electron chi connectivity index (χ0n) is 12.8. The van der Waals surface area contributed by atoms with E-state index in [2.05, 4.69) is 33.3 Å². The van der Waals surface area contributed by atoms with Gasteiger partial charge in [-0.25, -0.2) is 4.68 Å². The predicted octanol–water partition coefficient (Wildman–Crippen LogP) is 3.03. The van der Waals surface area contributed by atoms with Crippen molar-refractivity contribution in [3.05, 3.63) is 21.0 Å². The minimum absolute atomic E-state index is 0.0600. The van der Waals surface area contributed by atoms with Crippen LogP contribution < -0.4 is 10.9 Å². The van der Waals surface area contributed by atoms with Gasteiger partial charge in [-0.1, -0.05) is 13.3 Å². The van der Waals surface area contributed by atoms with Gasteiger partial charge in [-0.3, -0.25) is 4.79 Å². The molecule has 1 fully saturated rings. The minimum atomic E-state index is -0.0600. The first-order valence-electron chi connectivity index (χ1n) is 7.60. The summed E-state index contributed by atoms with van der Waals surface area (Å²) in [5, 5.41) is 7.62. The van der Waals surface area contributed by atoms with E-state index in [4.69, 9.17) is 4.74 Å². The van der Waals surface area contributed by atoms with Crippen LogP contribution in [0.5, 0.6) is 0 Å². The second-order valence-electron chi connectivity index (χ2n) is 5.85. The molecule has 1 saturated carbocycles. The molecule has 1 aliphatic rings. The van der Waals surface area contributed by atoms with E-state index in [-0.39, 0.29) is 5.56 Å². The molecule has 21 heavy (non-hydrogen) atoms. The lowest BCUT2D eigenvalue weighted by atomic mass is 10.0. The molecule has 1 aromatic heterocycles. The molecule has 0 spiro atoms. The van der Waals surface area contributed by atoms with Crippen molar-refractivity contribution in [3.63, 3.8) is 0 Å². The number of aryl methyl sites for hydroxylation is 1. The van der Waals surface area contributed by atoms with E-state index in [1.54, 1.807) is 13.3 Å². The van der Waals surface area contributed by atoms with E-state index in [1.165, 1.54) is 17.5 Å². The molecule has 1 N–H and O–H groups in total. The fourth-order valence-electron chi connectivity index (χ4n) is 2.35. The van der Waals surface area contributed by atoms with Crippen LogP contribution in [0.4, 0.5) is 5.69 Å². The Morgan fingerprint density at radius 3 is 2.90 bits per heavy atom. The van der Waals surface area contributed by atoms with Crippen LogP contribution in [0.3, 0.4) is 0 Å². The molecule has 0 saturated heterocycles. The maximum absolute atomic E-state index is 12.2. The molecular formula is C15H24BrN3O2. The molecule has 118 valence electrons. The monoisotopic (exact) mass is 357 g/mol. The summed E-state index contributed by atoms with van der Waals surface area (Å²) in [4.78, 5) is 12.2. The van der Waals surface area contributed by atoms with Gasteiger partial charge >= 0.3 is 0 Å². The number of hydrogen-bond acceptors (Lipinski definition) is 4.